The molecule has 0 saturated heterocycles. The van der Waals surface area contributed by atoms with Gasteiger partial charge in [0.2, 0.25) is 0 Å². The molecular weight excluding hydrogens is 186 g/mol. The Balaban J connectivity index is 2.90. The van der Waals surface area contributed by atoms with E-state index in [9.17, 15) is 0 Å². The average molecular weight is 207 g/mol. The normalized spacial score (nSPS) is 15.0. The number of benzene rings is 1. The van der Waals surface area contributed by atoms with Crippen LogP contribution in [-0.4, -0.2) is 13.2 Å². The topological polar surface area (TPSA) is 35.2 Å². The molecule has 2 unspecified atom stereocenters. The van der Waals surface area contributed by atoms with Crippen LogP contribution in [0.4, 0.5) is 0 Å². The number of aryl methyl sites for hydroxylation is 2. The summed E-state index contributed by atoms with van der Waals surface area (Å²) in [4.78, 5) is 0. The predicted octanol–water partition coefficient (Wildman–Crippen LogP) is 2.73. The molecule has 0 aliphatic rings. The summed E-state index contributed by atoms with van der Waals surface area (Å²) in [6.45, 7) is 6.31. The summed E-state index contributed by atoms with van der Waals surface area (Å²) < 4.78 is 5.36. The van der Waals surface area contributed by atoms with Crippen LogP contribution in [0.3, 0.4) is 0 Å². The lowest BCUT2D eigenvalue weighted by atomic mass is 9.97. The minimum Gasteiger partial charge on any atom is -0.379 e. The van der Waals surface area contributed by atoms with E-state index < -0.39 is 0 Å². The first kappa shape index (κ1) is 12.2. The Morgan fingerprint density at radius 2 is 1.93 bits per heavy atom. The first-order valence-electron chi connectivity index (χ1n) is 5.45. The number of nitrogens with two attached hydrogens (primary N) is 1. The van der Waals surface area contributed by atoms with Crippen molar-refractivity contribution in [1.82, 2.24) is 0 Å². The molecule has 0 spiro atoms. The SMILES string of the molecule is CCC(OC)C(N)c1ccc(C)c(C)c1. The molecule has 2 atom stereocenters. The number of ether oxygens (including phenoxy) is 1. The second-order valence-corrected chi connectivity index (χ2v) is 4.05. The maximum atomic E-state index is 6.15. The second kappa shape index (κ2) is 5.29. The van der Waals surface area contributed by atoms with Gasteiger partial charge in [0.1, 0.15) is 0 Å². The zero-order valence-corrected chi connectivity index (χ0v) is 10.1. The monoisotopic (exact) mass is 207 g/mol. The van der Waals surface area contributed by atoms with Crippen LogP contribution in [0, 0.1) is 13.8 Å². The van der Waals surface area contributed by atoms with E-state index in [0.29, 0.717) is 0 Å². The summed E-state index contributed by atoms with van der Waals surface area (Å²) in [5, 5.41) is 0. The van der Waals surface area contributed by atoms with Crippen molar-refractivity contribution in [1.29, 1.82) is 0 Å². The Hall–Kier alpha value is -0.860. The Kier molecular flexibility index (Phi) is 4.30. The van der Waals surface area contributed by atoms with E-state index in [2.05, 4.69) is 39.0 Å². The standard InChI is InChI=1S/C13H21NO/c1-5-12(15-4)13(14)11-7-6-9(2)10(3)8-11/h6-8,12-13H,5,14H2,1-4H3. The highest BCUT2D eigenvalue weighted by Crippen LogP contribution is 2.21. The van der Waals surface area contributed by atoms with E-state index in [1.165, 1.54) is 11.1 Å². The Morgan fingerprint density at radius 1 is 1.27 bits per heavy atom. The molecule has 0 radical (unpaired) electrons. The minimum atomic E-state index is -0.0284. The smallest absolute Gasteiger partial charge is 0.0761 e. The number of rotatable bonds is 4. The van der Waals surface area contributed by atoms with Crippen molar-refractivity contribution < 1.29 is 4.74 Å². The fourth-order valence-electron chi connectivity index (χ4n) is 1.75. The Bertz CT molecular complexity index is 318. The first-order chi connectivity index (χ1) is 7.10. The molecule has 0 aliphatic heterocycles. The molecule has 84 valence electrons. The van der Waals surface area contributed by atoms with Crippen molar-refractivity contribution in [2.75, 3.05) is 7.11 Å². The van der Waals surface area contributed by atoms with E-state index in [-0.39, 0.29) is 12.1 Å². The molecule has 2 heteroatoms. The van der Waals surface area contributed by atoms with Gasteiger partial charge in [-0.05, 0) is 37.0 Å². The predicted molar refractivity (Wildman–Crippen MR) is 63.9 cm³/mol. The van der Waals surface area contributed by atoms with Crippen LogP contribution in [0.2, 0.25) is 0 Å². The lowest BCUT2D eigenvalue weighted by Gasteiger charge is -2.22. The van der Waals surface area contributed by atoms with Crippen molar-refractivity contribution in [2.24, 2.45) is 5.73 Å². The highest BCUT2D eigenvalue weighted by atomic mass is 16.5. The third-order valence-corrected chi connectivity index (χ3v) is 3.02. The molecule has 0 fully saturated rings. The van der Waals surface area contributed by atoms with Crippen molar-refractivity contribution in [3.63, 3.8) is 0 Å². The van der Waals surface area contributed by atoms with Gasteiger partial charge in [0.15, 0.2) is 0 Å². The Morgan fingerprint density at radius 3 is 2.40 bits per heavy atom. The molecule has 0 heterocycles. The summed E-state index contributed by atoms with van der Waals surface area (Å²) in [5.74, 6) is 0. The van der Waals surface area contributed by atoms with Gasteiger partial charge < -0.3 is 10.5 Å². The van der Waals surface area contributed by atoms with E-state index in [4.69, 9.17) is 10.5 Å². The minimum absolute atomic E-state index is 0.0284. The quantitative estimate of drug-likeness (QED) is 0.824. The van der Waals surface area contributed by atoms with Crippen molar-refractivity contribution in [3.05, 3.63) is 34.9 Å². The van der Waals surface area contributed by atoms with Gasteiger partial charge in [-0.3, -0.25) is 0 Å². The highest BCUT2D eigenvalue weighted by molar-refractivity contribution is 5.32. The zero-order chi connectivity index (χ0) is 11.4. The molecule has 0 amide bonds. The van der Waals surface area contributed by atoms with Crippen LogP contribution < -0.4 is 5.73 Å². The van der Waals surface area contributed by atoms with Gasteiger partial charge in [0.05, 0.1) is 12.1 Å². The van der Waals surface area contributed by atoms with Gasteiger partial charge in [0.25, 0.3) is 0 Å². The summed E-state index contributed by atoms with van der Waals surface area (Å²) in [6, 6.07) is 6.34. The van der Waals surface area contributed by atoms with Crippen LogP contribution in [0.1, 0.15) is 36.1 Å². The molecule has 0 aliphatic carbocycles. The van der Waals surface area contributed by atoms with Crippen molar-refractivity contribution in [3.8, 4) is 0 Å². The maximum absolute atomic E-state index is 6.15. The second-order valence-electron chi connectivity index (χ2n) is 4.05. The summed E-state index contributed by atoms with van der Waals surface area (Å²) in [7, 11) is 1.72. The average Bonchev–Trinajstić information content (AvgIpc) is 2.23. The Labute approximate surface area is 92.4 Å². The molecule has 1 aromatic rings. The molecular formula is C13H21NO. The number of hydrogen-bond donors (Lipinski definition) is 1. The van der Waals surface area contributed by atoms with Crippen LogP contribution in [0.15, 0.2) is 18.2 Å². The first-order valence-corrected chi connectivity index (χ1v) is 5.45. The van der Waals surface area contributed by atoms with Gasteiger partial charge in [-0.25, -0.2) is 0 Å². The number of hydrogen-bond acceptors (Lipinski definition) is 2. The molecule has 0 aromatic heterocycles. The summed E-state index contributed by atoms with van der Waals surface area (Å²) in [6.07, 6.45) is 1.04. The van der Waals surface area contributed by atoms with Crippen LogP contribution in [0.5, 0.6) is 0 Å². The zero-order valence-electron chi connectivity index (χ0n) is 10.1. The van der Waals surface area contributed by atoms with Crippen LogP contribution in [-0.2, 0) is 4.74 Å². The van der Waals surface area contributed by atoms with Crippen LogP contribution >= 0.6 is 0 Å². The van der Waals surface area contributed by atoms with E-state index >= 15 is 0 Å². The molecule has 1 aromatic carbocycles. The lowest BCUT2D eigenvalue weighted by Crippen LogP contribution is -2.27. The number of methoxy groups -OCH3 is 1. The van der Waals surface area contributed by atoms with Crippen molar-refractivity contribution in [2.45, 2.75) is 39.3 Å². The fourth-order valence-corrected chi connectivity index (χ4v) is 1.75. The molecule has 1 rings (SSSR count). The van der Waals surface area contributed by atoms with E-state index in [1.807, 2.05) is 0 Å². The molecule has 0 bridgehead atoms. The third kappa shape index (κ3) is 2.80. The van der Waals surface area contributed by atoms with E-state index in [0.717, 1.165) is 12.0 Å². The fraction of sp³-hybridized carbons (Fsp3) is 0.538. The highest BCUT2D eigenvalue weighted by Gasteiger charge is 2.17. The summed E-state index contributed by atoms with van der Waals surface area (Å²) >= 11 is 0. The largest absolute Gasteiger partial charge is 0.379 e. The van der Waals surface area contributed by atoms with Crippen LogP contribution in [0.25, 0.3) is 0 Å². The molecule has 2 N–H and O–H groups in total. The van der Waals surface area contributed by atoms with Gasteiger partial charge >= 0.3 is 0 Å². The van der Waals surface area contributed by atoms with Gasteiger partial charge in [-0.15, -0.1) is 0 Å². The van der Waals surface area contributed by atoms with Gasteiger partial charge in [0, 0.05) is 7.11 Å². The van der Waals surface area contributed by atoms with E-state index in [1.54, 1.807) is 7.11 Å². The van der Waals surface area contributed by atoms with Gasteiger partial charge in [-0.1, -0.05) is 25.1 Å². The maximum Gasteiger partial charge on any atom is 0.0761 e. The van der Waals surface area contributed by atoms with Crippen molar-refractivity contribution >= 4 is 0 Å². The molecule has 0 saturated carbocycles. The molecule has 15 heavy (non-hydrogen) atoms. The lowest BCUT2D eigenvalue weighted by molar-refractivity contribution is 0.0772. The van der Waals surface area contributed by atoms with Gasteiger partial charge in [-0.2, -0.15) is 0 Å². The third-order valence-electron chi connectivity index (χ3n) is 3.02. The molecule has 2 nitrogen and oxygen atoms in total. The summed E-state index contributed by atoms with van der Waals surface area (Å²) in [5.41, 5.74) is 9.90.